The van der Waals surface area contributed by atoms with Gasteiger partial charge < -0.3 is 10.5 Å². The zero-order chi connectivity index (χ0) is 13.4. The molecular weight excluding hydrogens is 226 g/mol. The third-order valence-corrected chi connectivity index (χ3v) is 3.25. The van der Waals surface area contributed by atoms with Crippen LogP contribution in [0.25, 0.3) is 0 Å². The van der Waals surface area contributed by atoms with E-state index in [1.54, 1.807) is 6.08 Å². The normalized spacial score (nSPS) is 25.1. The van der Waals surface area contributed by atoms with E-state index in [9.17, 15) is 4.79 Å². The van der Waals surface area contributed by atoms with Gasteiger partial charge in [0, 0.05) is 6.04 Å². The molecule has 0 heterocycles. The maximum atomic E-state index is 11.9. The Bertz CT molecular complexity index is 336. The zero-order valence-electron chi connectivity index (χ0n) is 11.1. The summed E-state index contributed by atoms with van der Waals surface area (Å²) in [6.45, 7) is 5.94. The molecule has 0 amide bonds. The Kier molecular flexibility index (Phi) is 6.44. The van der Waals surface area contributed by atoms with Crippen LogP contribution in [-0.4, -0.2) is 18.6 Å². The first kappa shape index (κ1) is 14.7. The lowest BCUT2D eigenvalue weighted by molar-refractivity contribution is -0.148. The molecule has 2 N–H and O–H groups in total. The lowest BCUT2D eigenvalue weighted by atomic mass is 9.86. The molecule has 0 atom stereocenters. The Morgan fingerprint density at radius 1 is 1.39 bits per heavy atom. The minimum atomic E-state index is -0.102. The van der Waals surface area contributed by atoms with Gasteiger partial charge in [-0.05, 0) is 38.2 Å². The number of rotatable bonds is 5. The number of hydrogen-bond acceptors (Lipinski definition) is 3. The van der Waals surface area contributed by atoms with Crippen LogP contribution in [0.15, 0.2) is 36.5 Å². The van der Waals surface area contributed by atoms with Crippen molar-refractivity contribution in [1.29, 1.82) is 0 Å². The first-order valence-corrected chi connectivity index (χ1v) is 6.54. The second-order valence-corrected chi connectivity index (χ2v) is 4.69. The van der Waals surface area contributed by atoms with E-state index in [0.717, 1.165) is 31.3 Å². The van der Waals surface area contributed by atoms with Crippen LogP contribution in [0, 0.1) is 5.92 Å². The Labute approximate surface area is 109 Å². The highest BCUT2D eigenvalue weighted by Gasteiger charge is 2.25. The molecule has 0 spiro atoms. The van der Waals surface area contributed by atoms with Gasteiger partial charge in [0.1, 0.15) is 6.61 Å². The Morgan fingerprint density at radius 2 is 2.06 bits per heavy atom. The molecule has 3 heteroatoms. The highest BCUT2D eigenvalue weighted by molar-refractivity contribution is 5.72. The average molecular weight is 249 g/mol. The maximum absolute atomic E-state index is 11.9. The van der Waals surface area contributed by atoms with Crippen LogP contribution in [0.5, 0.6) is 0 Å². The van der Waals surface area contributed by atoms with Gasteiger partial charge in [-0.15, -0.1) is 0 Å². The molecule has 1 fully saturated rings. The van der Waals surface area contributed by atoms with E-state index >= 15 is 0 Å². The molecule has 1 rings (SSSR count). The van der Waals surface area contributed by atoms with Crippen LogP contribution in [0.4, 0.5) is 0 Å². The molecule has 0 saturated heterocycles. The largest absolute Gasteiger partial charge is 0.461 e. The topological polar surface area (TPSA) is 52.3 Å². The summed E-state index contributed by atoms with van der Waals surface area (Å²) >= 11 is 0. The summed E-state index contributed by atoms with van der Waals surface area (Å²) in [6, 6.07) is 0.257. The Hall–Kier alpha value is -1.35. The van der Waals surface area contributed by atoms with Crippen molar-refractivity contribution in [2.75, 3.05) is 6.61 Å². The summed E-state index contributed by atoms with van der Waals surface area (Å²) in [5.74, 6) is -0.0762. The molecule has 1 saturated carbocycles. The summed E-state index contributed by atoms with van der Waals surface area (Å²) in [5.41, 5.74) is 6.72. The van der Waals surface area contributed by atoms with Gasteiger partial charge in [-0.2, -0.15) is 0 Å². The van der Waals surface area contributed by atoms with Gasteiger partial charge in [-0.25, -0.2) is 0 Å². The maximum Gasteiger partial charge on any atom is 0.309 e. The fraction of sp³-hybridized carbons (Fsp3) is 0.533. The molecule has 0 aromatic carbocycles. The molecule has 0 aliphatic heterocycles. The number of hydrogen-bond donors (Lipinski definition) is 1. The standard InChI is InChI=1S/C15H23NO2/c1-3-5-6-12(4-2)11-18-15(17)13-7-9-14(16)10-8-13/h3-6,13-14H,2,7-11,16H2,1H3/b5-3-,12-6+/t13-,14+. The number of allylic oxidation sites excluding steroid dienone is 3. The van der Waals surface area contributed by atoms with Crippen molar-refractivity contribution in [1.82, 2.24) is 0 Å². The highest BCUT2D eigenvalue weighted by atomic mass is 16.5. The minimum absolute atomic E-state index is 0.0255. The first-order chi connectivity index (χ1) is 8.67. The van der Waals surface area contributed by atoms with E-state index in [-0.39, 0.29) is 17.9 Å². The van der Waals surface area contributed by atoms with Crippen LogP contribution >= 0.6 is 0 Å². The van der Waals surface area contributed by atoms with E-state index in [1.807, 2.05) is 25.2 Å². The van der Waals surface area contributed by atoms with Crippen molar-refractivity contribution in [3.8, 4) is 0 Å². The van der Waals surface area contributed by atoms with Crippen molar-refractivity contribution in [2.24, 2.45) is 11.7 Å². The van der Waals surface area contributed by atoms with Gasteiger partial charge >= 0.3 is 5.97 Å². The number of nitrogens with two attached hydrogens (primary N) is 1. The van der Waals surface area contributed by atoms with E-state index < -0.39 is 0 Å². The van der Waals surface area contributed by atoms with Gasteiger partial charge in [-0.3, -0.25) is 4.79 Å². The number of esters is 1. The zero-order valence-corrected chi connectivity index (χ0v) is 11.1. The lowest BCUT2D eigenvalue weighted by Gasteiger charge is -2.24. The highest BCUT2D eigenvalue weighted by Crippen LogP contribution is 2.24. The summed E-state index contributed by atoms with van der Waals surface area (Å²) in [4.78, 5) is 11.9. The second kappa shape index (κ2) is 7.88. The lowest BCUT2D eigenvalue weighted by Crippen LogP contribution is -2.30. The molecule has 0 unspecified atom stereocenters. The quantitative estimate of drug-likeness (QED) is 0.602. The van der Waals surface area contributed by atoms with Gasteiger partial charge in [-0.1, -0.05) is 30.9 Å². The number of carbonyl (C=O) groups is 1. The molecule has 18 heavy (non-hydrogen) atoms. The van der Waals surface area contributed by atoms with Crippen molar-refractivity contribution in [2.45, 2.75) is 38.6 Å². The minimum Gasteiger partial charge on any atom is -0.461 e. The van der Waals surface area contributed by atoms with Crippen molar-refractivity contribution < 1.29 is 9.53 Å². The molecule has 1 aliphatic rings. The smallest absolute Gasteiger partial charge is 0.309 e. The predicted octanol–water partition coefficient (Wildman–Crippen LogP) is 2.74. The third kappa shape index (κ3) is 4.88. The van der Waals surface area contributed by atoms with Crippen LogP contribution in [0.2, 0.25) is 0 Å². The van der Waals surface area contributed by atoms with Crippen LogP contribution < -0.4 is 5.73 Å². The van der Waals surface area contributed by atoms with E-state index in [4.69, 9.17) is 10.5 Å². The molecule has 0 bridgehead atoms. The second-order valence-electron chi connectivity index (χ2n) is 4.69. The van der Waals surface area contributed by atoms with E-state index in [2.05, 4.69) is 6.58 Å². The molecule has 0 radical (unpaired) electrons. The molecule has 100 valence electrons. The number of ether oxygens (including phenoxy) is 1. The van der Waals surface area contributed by atoms with Crippen LogP contribution in [0.3, 0.4) is 0 Å². The SMILES string of the molecule is C=C/C(=C\C=C/C)COC(=O)[C@H]1CC[C@@H](N)CC1. The molecule has 0 aromatic rings. The fourth-order valence-corrected chi connectivity index (χ4v) is 2.02. The Morgan fingerprint density at radius 3 is 2.61 bits per heavy atom. The van der Waals surface area contributed by atoms with Gasteiger partial charge in [0.05, 0.1) is 5.92 Å². The summed E-state index contributed by atoms with van der Waals surface area (Å²) in [6.07, 6.45) is 11.0. The van der Waals surface area contributed by atoms with E-state index in [1.165, 1.54) is 0 Å². The molecule has 3 nitrogen and oxygen atoms in total. The van der Waals surface area contributed by atoms with Gasteiger partial charge in [0.25, 0.3) is 0 Å². The summed E-state index contributed by atoms with van der Waals surface area (Å²) in [5, 5.41) is 0. The monoisotopic (exact) mass is 249 g/mol. The average Bonchev–Trinajstić information content (AvgIpc) is 2.39. The molecule has 0 aromatic heterocycles. The molecule has 1 aliphatic carbocycles. The van der Waals surface area contributed by atoms with Crippen LogP contribution in [0.1, 0.15) is 32.6 Å². The summed E-state index contributed by atoms with van der Waals surface area (Å²) < 4.78 is 5.31. The Balaban J connectivity index is 2.38. The van der Waals surface area contributed by atoms with Gasteiger partial charge in [0.15, 0.2) is 0 Å². The van der Waals surface area contributed by atoms with Crippen molar-refractivity contribution >= 4 is 5.97 Å². The van der Waals surface area contributed by atoms with Crippen molar-refractivity contribution in [3.05, 3.63) is 36.5 Å². The summed E-state index contributed by atoms with van der Waals surface area (Å²) in [7, 11) is 0. The van der Waals surface area contributed by atoms with Crippen molar-refractivity contribution in [3.63, 3.8) is 0 Å². The van der Waals surface area contributed by atoms with Crippen LogP contribution in [-0.2, 0) is 9.53 Å². The third-order valence-electron chi connectivity index (χ3n) is 3.25. The fourth-order valence-electron chi connectivity index (χ4n) is 2.02. The van der Waals surface area contributed by atoms with Gasteiger partial charge in [0.2, 0.25) is 0 Å². The first-order valence-electron chi connectivity index (χ1n) is 6.54. The predicted molar refractivity (Wildman–Crippen MR) is 74.0 cm³/mol. The number of carbonyl (C=O) groups excluding carboxylic acids is 1. The molecular formula is C15H23NO2. The van der Waals surface area contributed by atoms with E-state index in [0.29, 0.717) is 6.61 Å².